The van der Waals surface area contributed by atoms with E-state index in [1.165, 1.54) is 19.9 Å². The summed E-state index contributed by atoms with van der Waals surface area (Å²) in [5.41, 5.74) is 2.36. The maximum atomic E-state index is 12.2. The second-order valence-corrected chi connectivity index (χ2v) is 6.18. The van der Waals surface area contributed by atoms with Gasteiger partial charge in [0.15, 0.2) is 6.10 Å². The van der Waals surface area contributed by atoms with E-state index in [0.717, 1.165) is 5.56 Å². The van der Waals surface area contributed by atoms with Crippen LogP contribution >= 0.6 is 11.6 Å². The van der Waals surface area contributed by atoms with E-state index in [1.807, 2.05) is 6.92 Å². The number of hydrazone groups is 1. The van der Waals surface area contributed by atoms with Crippen LogP contribution < -0.4 is 15.8 Å². The van der Waals surface area contributed by atoms with Gasteiger partial charge in [0.1, 0.15) is 22.8 Å². The van der Waals surface area contributed by atoms with Gasteiger partial charge in [-0.1, -0.05) is 11.6 Å². The summed E-state index contributed by atoms with van der Waals surface area (Å²) in [4.78, 5) is 24.0. The largest absolute Gasteiger partial charge is 0.507 e. The molecule has 2 N–H and O–H groups in total. The summed E-state index contributed by atoms with van der Waals surface area (Å²) in [6.07, 6.45) is -0.838. The van der Waals surface area contributed by atoms with E-state index in [1.54, 1.807) is 25.1 Å². The van der Waals surface area contributed by atoms with Gasteiger partial charge < -0.3 is 14.3 Å². The Morgan fingerprint density at radius 3 is 2.65 bits per heavy atom. The highest BCUT2D eigenvalue weighted by atomic mass is 35.5. The molecule has 1 amide bonds. The molecule has 7 nitrogen and oxygen atoms in total. The molecule has 0 aliphatic heterocycles. The zero-order valence-corrected chi connectivity index (χ0v) is 15.5. The maximum absolute atomic E-state index is 12.2. The molecule has 2 aromatic rings. The first-order valence-corrected chi connectivity index (χ1v) is 8.18. The Bertz CT molecular complexity index is 920. The van der Waals surface area contributed by atoms with Crippen LogP contribution in [0.4, 0.5) is 0 Å². The summed E-state index contributed by atoms with van der Waals surface area (Å²) in [7, 11) is 0. The van der Waals surface area contributed by atoms with Gasteiger partial charge >= 0.3 is 5.63 Å². The van der Waals surface area contributed by atoms with Crippen molar-refractivity contribution in [1.82, 2.24) is 5.43 Å². The van der Waals surface area contributed by atoms with E-state index in [9.17, 15) is 14.7 Å². The number of halogens is 1. The Balaban J connectivity index is 2.09. The number of carbonyl (C=O) groups is 1. The van der Waals surface area contributed by atoms with Crippen molar-refractivity contribution >= 4 is 23.2 Å². The molecule has 0 bridgehead atoms. The minimum atomic E-state index is -0.838. The van der Waals surface area contributed by atoms with Gasteiger partial charge in [-0.15, -0.1) is 0 Å². The first kappa shape index (κ1) is 19.5. The first-order chi connectivity index (χ1) is 12.2. The molecule has 1 heterocycles. The molecule has 0 fully saturated rings. The Labute approximate surface area is 155 Å². The number of hydrogen-bond acceptors (Lipinski definition) is 6. The molecule has 8 heteroatoms. The molecule has 1 atom stereocenters. The summed E-state index contributed by atoms with van der Waals surface area (Å²) < 4.78 is 10.5. The molecule has 0 saturated heterocycles. The zero-order valence-electron chi connectivity index (χ0n) is 14.8. The number of amides is 1. The lowest BCUT2D eigenvalue weighted by atomic mass is 10.2. The number of aryl methyl sites for hydroxylation is 2. The highest BCUT2D eigenvalue weighted by molar-refractivity contribution is 6.30. The molecule has 0 radical (unpaired) electrons. The fraction of sp³-hybridized carbons (Fsp3) is 0.278. The van der Waals surface area contributed by atoms with Gasteiger partial charge in [-0.3, -0.25) is 4.79 Å². The average molecular weight is 379 g/mol. The summed E-state index contributed by atoms with van der Waals surface area (Å²) in [6, 6.07) is 6.36. The number of nitrogens with one attached hydrogen (secondary N) is 1. The molecule has 0 saturated carbocycles. The van der Waals surface area contributed by atoms with Crippen LogP contribution in [0.15, 0.2) is 38.6 Å². The molecule has 0 aliphatic carbocycles. The van der Waals surface area contributed by atoms with E-state index >= 15 is 0 Å². The number of aromatic hydroxyl groups is 1. The Hall–Kier alpha value is -2.80. The van der Waals surface area contributed by atoms with Crippen LogP contribution in [0, 0.1) is 13.8 Å². The van der Waals surface area contributed by atoms with Crippen molar-refractivity contribution < 1.29 is 19.1 Å². The monoisotopic (exact) mass is 378 g/mol. The van der Waals surface area contributed by atoms with Crippen molar-refractivity contribution in [3.8, 4) is 11.5 Å². The predicted molar refractivity (Wildman–Crippen MR) is 98.0 cm³/mol. The molecule has 0 aliphatic rings. The number of nitrogens with zero attached hydrogens (tertiary/aromatic N) is 1. The molecule has 0 spiro atoms. The molecule has 26 heavy (non-hydrogen) atoms. The lowest BCUT2D eigenvalue weighted by Crippen LogP contribution is -2.34. The fourth-order valence-corrected chi connectivity index (χ4v) is 2.43. The van der Waals surface area contributed by atoms with E-state index in [4.69, 9.17) is 20.8 Å². The SMILES string of the molecule is CC(=NNC(=O)C(C)Oc1ccc(Cl)cc1C)c1c(O)cc(C)oc1=O. The second-order valence-electron chi connectivity index (χ2n) is 5.75. The molecule has 1 unspecified atom stereocenters. The Morgan fingerprint density at radius 2 is 2.04 bits per heavy atom. The van der Waals surface area contributed by atoms with Crippen LogP contribution in [-0.2, 0) is 4.79 Å². The zero-order chi connectivity index (χ0) is 19.4. The molecular formula is C18H19ClN2O5. The predicted octanol–water partition coefficient (Wildman–Crippen LogP) is 2.92. The third kappa shape index (κ3) is 4.64. The third-order valence-corrected chi connectivity index (χ3v) is 3.79. The van der Waals surface area contributed by atoms with Crippen LogP contribution in [0.25, 0.3) is 0 Å². The lowest BCUT2D eigenvalue weighted by molar-refractivity contribution is -0.127. The molecule has 1 aromatic heterocycles. The van der Waals surface area contributed by atoms with E-state index in [0.29, 0.717) is 10.8 Å². The highest BCUT2D eigenvalue weighted by Crippen LogP contribution is 2.22. The van der Waals surface area contributed by atoms with Gasteiger partial charge in [0.05, 0.1) is 5.71 Å². The fourth-order valence-electron chi connectivity index (χ4n) is 2.20. The molecule has 2 rings (SSSR count). The molecule has 1 aromatic carbocycles. The van der Waals surface area contributed by atoms with Gasteiger partial charge in [0.25, 0.3) is 5.91 Å². The molecular weight excluding hydrogens is 360 g/mol. The second kappa shape index (κ2) is 8.05. The van der Waals surface area contributed by atoms with E-state index in [-0.39, 0.29) is 22.8 Å². The van der Waals surface area contributed by atoms with Gasteiger partial charge in [-0.25, -0.2) is 10.2 Å². The van der Waals surface area contributed by atoms with Crippen molar-refractivity contribution in [3.05, 3.63) is 56.6 Å². The smallest absolute Gasteiger partial charge is 0.348 e. The van der Waals surface area contributed by atoms with Crippen LogP contribution in [0.1, 0.15) is 30.7 Å². The van der Waals surface area contributed by atoms with Gasteiger partial charge in [-0.05, 0) is 51.5 Å². The van der Waals surface area contributed by atoms with Crippen molar-refractivity contribution in [2.24, 2.45) is 5.10 Å². The maximum Gasteiger partial charge on any atom is 0.348 e. The van der Waals surface area contributed by atoms with Crippen molar-refractivity contribution in [3.63, 3.8) is 0 Å². The van der Waals surface area contributed by atoms with Crippen molar-refractivity contribution in [1.29, 1.82) is 0 Å². The quantitative estimate of drug-likeness (QED) is 0.615. The standard InChI is InChI=1S/C18H19ClN2O5/c1-9-7-13(19)5-6-15(9)26-12(4)17(23)21-20-11(3)16-14(22)8-10(2)25-18(16)24/h5-8,12,22H,1-4H3,(H,21,23). The normalized spacial score (nSPS) is 12.6. The van der Waals surface area contributed by atoms with Gasteiger partial charge in [0, 0.05) is 11.1 Å². The minimum Gasteiger partial charge on any atom is -0.507 e. The minimum absolute atomic E-state index is 0.111. The highest BCUT2D eigenvalue weighted by Gasteiger charge is 2.17. The topological polar surface area (TPSA) is 101 Å². The van der Waals surface area contributed by atoms with Gasteiger partial charge in [0.2, 0.25) is 0 Å². The summed E-state index contributed by atoms with van der Waals surface area (Å²) in [6.45, 7) is 6.38. The van der Waals surface area contributed by atoms with E-state index < -0.39 is 17.6 Å². The number of rotatable bonds is 5. The van der Waals surface area contributed by atoms with Crippen molar-refractivity contribution in [2.75, 3.05) is 0 Å². The summed E-state index contributed by atoms with van der Waals surface area (Å²) in [5.74, 6) is 0.00745. The summed E-state index contributed by atoms with van der Waals surface area (Å²) >= 11 is 5.89. The van der Waals surface area contributed by atoms with Crippen LogP contribution in [0.3, 0.4) is 0 Å². The average Bonchev–Trinajstić information content (AvgIpc) is 2.54. The molecule has 138 valence electrons. The van der Waals surface area contributed by atoms with Gasteiger partial charge in [-0.2, -0.15) is 5.10 Å². The van der Waals surface area contributed by atoms with Crippen LogP contribution in [0.2, 0.25) is 5.02 Å². The van der Waals surface area contributed by atoms with Crippen LogP contribution in [0.5, 0.6) is 11.5 Å². The number of benzene rings is 1. The number of hydrogen-bond donors (Lipinski definition) is 2. The lowest BCUT2D eigenvalue weighted by Gasteiger charge is -2.15. The van der Waals surface area contributed by atoms with Crippen LogP contribution in [-0.4, -0.2) is 22.8 Å². The Morgan fingerprint density at radius 1 is 1.35 bits per heavy atom. The van der Waals surface area contributed by atoms with E-state index in [2.05, 4.69) is 10.5 Å². The first-order valence-electron chi connectivity index (χ1n) is 7.80. The third-order valence-electron chi connectivity index (χ3n) is 3.56. The Kier molecular flexibility index (Phi) is 6.05. The number of carbonyl (C=O) groups excluding carboxylic acids is 1. The summed E-state index contributed by atoms with van der Waals surface area (Å²) in [5, 5.41) is 14.3. The number of ether oxygens (including phenoxy) is 1. The van der Waals surface area contributed by atoms with Crippen molar-refractivity contribution in [2.45, 2.75) is 33.8 Å².